The van der Waals surface area contributed by atoms with Crippen LogP contribution in [0.1, 0.15) is 12.0 Å². The average Bonchev–Trinajstić information content (AvgIpc) is 2.35. The summed E-state index contributed by atoms with van der Waals surface area (Å²) in [6.07, 6.45) is 2.49. The number of nitrogens with one attached hydrogen (secondary N) is 1. The molecule has 5 nitrogen and oxygen atoms in total. The Labute approximate surface area is 111 Å². The molecule has 0 aliphatic carbocycles. The van der Waals surface area contributed by atoms with E-state index in [2.05, 4.69) is 5.43 Å². The van der Waals surface area contributed by atoms with Crippen molar-refractivity contribution < 1.29 is 9.90 Å². The van der Waals surface area contributed by atoms with Crippen LogP contribution in [0.5, 0.6) is 0 Å². The summed E-state index contributed by atoms with van der Waals surface area (Å²) in [6, 6.07) is 9.01. The number of thioether (sulfide) groups is 1. The fourth-order valence-electron chi connectivity index (χ4n) is 1.50. The van der Waals surface area contributed by atoms with Crippen LogP contribution >= 0.6 is 11.8 Å². The van der Waals surface area contributed by atoms with E-state index in [1.165, 1.54) is 5.12 Å². The lowest BCUT2D eigenvalue weighted by atomic mass is 10.2. The molecule has 1 atom stereocenters. The van der Waals surface area contributed by atoms with Crippen LogP contribution in [0.4, 0.5) is 0 Å². The van der Waals surface area contributed by atoms with Crippen LogP contribution in [0.3, 0.4) is 0 Å². The second kappa shape index (κ2) is 8.10. The molecule has 1 rings (SSSR count). The van der Waals surface area contributed by atoms with Gasteiger partial charge >= 0.3 is 5.97 Å². The summed E-state index contributed by atoms with van der Waals surface area (Å²) in [7, 11) is 0. The predicted octanol–water partition coefficient (Wildman–Crippen LogP) is 1.07. The maximum Gasteiger partial charge on any atom is 0.322 e. The molecule has 0 unspecified atom stereocenters. The maximum atomic E-state index is 11.0. The normalized spacial score (nSPS) is 12.6. The monoisotopic (exact) mass is 269 g/mol. The van der Waals surface area contributed by atoms with Crippen molar-refractivity contribution in [3.05, 3.63) is 35.9 Å². The van der Waals surface area contributed by atoms with Crippen molar-refractivity contribution in [2.24, 2.45) is 5.84 Å². The molecule has 0 heterocycles. The maximum absolute atomic E-state index is 11.0. The summed E-state index contributed by atoms with van der Waals surface area (Å²) >= 11 is 1.62. The zero-order valence-electron chi connectivity index (χ0n) is 10.4. The summed E-state index contributed by atoms with van der Waals surface area (Å²) in [5.41, 5.74) is 3.83. The van der Waals surface area contributed by atoms with Gasteiger partial charge in [-0.1, -0.05) is 30.3 Å². The Morgan fingerprint density at radius 2 is 2.17 bits per heavy atom. The third-order valence-corrected chi connectivity index (χ3v) is 3.07. The van der Waals surface area contributed by atoms with E-state index in [1.807, 2.05) is 36.6 Å². The molecule has 1 aromatic carbocycles. The van der Waals surface area contributed by atoms with Gasteiger partial charge in [0, 0.05) is 0 Å². The van der Waals surface area contributed by atoms with Gasteiger partial charge in [-0.3, -0.25) is 10.6 Å². The number of carboxylic acid groups (broad SMARTS) is 1. The lowest BCUT2D eigenvalue weighted by Gasteiger charge is -2.22. The van der Waals surface area contributed by atoms with Gasteiger partial charge in [0.15, 0.2) is 0 Å². The average molecular weight is 269 g/mol. The number of hydrogen-bond donors (Lipinski definition) is 3. The number of rotatable bonds is 8. The number of nitrogens with zero attached hydrogens (tertiary/aromatic N) is 1. The zero-order chi connectivity index (χ0) is 13.4. The first kappa shape index (κ1) is 15.0. The van der Waals surface area contributed by atoms with Gasteiger partial charge in [-0.25, -0.2) is 5.43 Å². The van der Waals surface area contributed by atoms with Crippen LogP contribution in [-0.4, -0.2) is 34.2 Å². The fourth-order valence-corrected chi connectivity index (χ4v) is 1.98. The molecule has 0 spiro atoms. The Balaban J connectivity index is 2.45. The highest BCUT2D eigenvalue weighted by molar-refractivity contribution is 7.98. The first-order chi connectivity index (χ1) is 8.63. The van der Waals surface area contributed by atoms with Gasteiger partial charge in [-0.15, -0.1) is 0 Å². The van der Waals surface area contributed by atoms with E-state index < -0.39 is 12.0 Å². The number of nitrogens with two attached hydrogens (primary N) is 1. The first-order valence-corrected chi connectivity index (χ1v) is 7.07. The Hall–Kier alpha value is -1.08. The number of carbonyl (C=O) groups is 1. The molecule has 0 aliphatic rings. The predicted molar refractivity (Wildman–Crippen MR) is 73.7 cm³/mol. The summed E-state index contributed by atoms with van der Waals surface area (Å²) in [5.74, 6) is 5.67. The van der Waals surface area contributed by atoms with E-state index in [1.54, 1.807) is 11.8 Å². The molecule has 0 aliphatic heterocycles. The number of hydrogen-bond acceptors (Lipinski definition) is 5. The fraction of sp³-hybridized carbons (Fsp3) is 0.417. The van der Waals surface area contributed by atoms with Crippen molar-refractivity contribution in [3.8, 4) is 0 Å². The number of aliphatic carboxylic acids is 1. The molecule has 0 amide bonds. The van der Waals surface area contributed by atoms with Crippen molar-refractivity contribution in [1.29, 1.82) is 0 Å². The largest absolute Gasteiger partial charge is 0.480 e. The van der Waals surface area contributed by atoms with Crippen LogP contribution in [0.15, 0.2) is 30.3 Å². The second-order valence-electron chi connectivity index (χ2n) is 3.91. The van der Waals surface area contributed by atoms with E-state index in [0.29, 0.717) is 13.0 Å². The van der Waals surface area contributed by atoms with Crippen LogP contribution in [0.2, 0.25) is 0 Å². The molecule has 0 aromatic heterocycles. The SMILES string of the molecule is CSCC[C@H](NN(N)Cc1ccccc1)C(=O)O. The van der Waals surface area contributed by atoms with Crippen LogP contribution in [-0.2, 0) is 11.3 Å². The van der Waals surface area contributed by atoms with Gasteiger partial charge < -0.3 is 5.11 Å². The lowest BCUT2D eigenvalue weighted by molar-refractivity contribution is -0.141. The van der Waals surface area contributed by atoms with Gasteiger partial charge in [-0.2, -0.15) is 16.9 Å². The van der Waals surface area contributed by atoms with E-state index in [0.717, 1.165) is 11.3 Å². The minimum atomic E-state index is -0.882. The van der Waals surface area contributed by atoms with Crippen LogP contribution < -0.4 is 11.3 Å². The standard InChI is InChI=1S/C12H19N3O2S/c1-18-8-7-11(12(16)17)14-15(13)9-10-5-3-2-4-6-10/h2-6,11,14H,7-9,13H2,1H3,(H,16,17)/t11-/m0/s1. The van der Waals surface area contributed by atoms with Crippen molar-refractivity contribution in [2.75, 3.05) is 12.0 Å². The van der Waals surface area contributed by atoms with Gasteiger partial charge in [0.25, 0.3) is 0 Å². The minimum absolute atomic E-state index is 0.462. The van der Waals surface area contributed by atoms with Crippen molar-refractivity contribution in [2.45, 2.75) is 19.0 Å². The summed E-state index contributed by atoms with van der Waals surface area (Å²) in [4.78, 5) is 11.0. The third-order valence-electron chi connectivity index (χ3n) is 2.43. The highest BCUT2D eigenvalue weighted by Crippen LogP contribution is 2.03. The van der Waals surface area contributed by atoms with Gasteiger partial charge in [0.1, 0.15) is 6.04 Å². The van der Waals surface area contributed by atoms with Gasteiger partial charge in [0.2, 0.25) is 0 Å². The van der Waals surface area contributed by atoms with E-state index in [4.69, 9.17) is 10.9 Å². The Morgan fingerprint density at radius 1 is 1.50 bits per heavy atom. The molecule has 4 N–H and O–H groups in total. The molecule has 18 heavy (non-hydrogen) atoms. The van der Waals surface area contributed by atoms with Gasteiger partial charge in [0.05, 0.1) is 6.54 Å². The van der Waals surface area contributed by atoms with E-state index in [-0.39, 0.29) is 0 Å². The topological polar surface area (TPSA) is 78.6 Å². The molecule has 0 saturated carbocycles. The summed E-state index contributed by atoms with van der Waals surface area (Å²) in [6.45, 7) is 0.462. The van der Waals surface area contributed by atoms with Crippen LogP contribution in [0.25, 0.3) is 0 Å². The van der Waals surface area contributed by atoms with Crippen molar-refractivity contribution in [3.63, 3.8) is 0 Å². The quantitative estimate of drug-likeness (QED) is 0.484. The molecule has 0 radical (unpaired) electrons. The Kier molecular flexibility index (Phi) is 6.74. The highest BCUT2D eigenvalue weighted by atomic mass is 32.2. The van der Waals surface area contributed by atoms with Crippen molar-refractivity contribution in [1.82, 2.24) is 10.5 Å². The highest BCUT2D eigenvalue weighted by Gasteiger charge is 2.18. The summed E-state index contributed by atoms with van der Waals surface area (Å²) in [5, 5.41) is 10.4. The molecule has 100 valence electrons. The molecule has 0 bridgehead atoms. The third kappa shape index (κ3) is 5.50. The molecule has 0 fully saturated rings. The van der Waals surface area contributed by atoms with E-state index >= 15 is 0 Å². The number of carboxylic acids is 1. The smallest absolute Gasteiger partial charge is 0.322 e. The number of benzene rings is 1. The first-order valence-electron chi connectivity index (χ1n) is 5.67. The van der Waals surface area contributed by atoms with E-state index in [9.17, 15) is 4.79 Å². The Morgan fingerprint density at radius 3 is 2.72 bits per heavy atom. The summed E-state index contributed by atoms with van der Waals surface area (Å²) < 4.78 is 0. The second-order valence-corrected chi connectivity index (χ2v) is 4.90. The van der Waals surface area contributed by atoms with Gasteiger partial charge in [-0.05, 0) is 24.0 Å². The lowest BCUT2D eigenvalue weighted by Crippen LogP contribution is -2.51. The molecular formula is C12H19N3O2S. The molecule has 6 heteroatoms. The molecule has 1 aromatic rings. The Bertz CT molecular complexity index is 362. The zero-order valence-corrected chi connectivity index (χ0v) is 11.2. The molecule has 0 saturated heterocycles. The molecular weight excluding hydrogens is 250 g/mol. The van der Waals surface area contributed by atoms with Crippen molar-refractivity contribution >= 4 is 17.7 Å². The number of hydrazine groups is 2. The van der Waals surface area contributed by atoms with Crippen LogP contribution in [0, 0.1) is 0 Å². The minimum Gasteiger partial charge on any atom is -0.480 e.